The van der Waals surface area contributed by atoms with Crippen molar-refractivity contribution in [2.75, 3.05) is 13.6 Å². The van der Waals surface area contributed by atoms with E-state index in [-0.39, 0.29) is 35.9 Å². The fourth-order valence-electron chi connectivity index (χ4n) is 3.54. The van der Waals surface area contributed by atoms with Gasteiger partial charge in [-0.1, -0.05) is 73.8 Å². The van der Waals surface area contributed by atoms with E-state index in [2.05, 4.69) is 33.0 Å². The van der Waals surface area contributed by atoms with Gasteiger partial charge in [0.15, 0.2) is 0 Å². The highest BCUT2D eigenvalue weighted by Gasteiger charge is 2.35. The predicted molar refractivity (Wildman–Crippen MR) is 124 cm³/mol. The summed E-state index contributed by atoms with van der Waals surface area (Å²) in [5.41, 5.74) is -0.215. The van der Waals surface area contributed by atoms with Gasteiger partial charge in [-0.3, -0.25) is 9.59 Å². The molecule has 0 aliphatic carbocycles. The van der Waals surface area contributed by atoms with Gasteiger partial charge < -0.3 is 15.3 Å². The molecule has 0 rings (SSSR count). The Morgan fingerprint density at radius 2 is 1.50 bits per heavy atom. The van der Waals surface area contributed by atoms with Crippen LogP contribution >= 0.6 is 0 Å². The maximum Gasteiger partial charge on any atom is 0.331 e. The number of amides is 2. The van der Waals surface area contributed by atoms with Crippen LogP contribution in [0.2, 0.25) is 0 Å². The lowest BCUT2D eigenvalue weighted by molar-refractivity contribution is -0.137. The zero-order chi connectivity index (χ0) is 23.9. The van der Waals surface area contributed by atoms with E-state index in [0.29, 0.717) is 0 Å². The van der Waals surface area contributed by atoms with Gasteiger partial charge in [0.2, 0.25) is 11.8 Å². The molecule has 0 bridgehead atoms. The zero-order valence-corrected chi connectivity index (χ0v) is 20.8. The van der Waals surface area contributed by atoms with Crippen LogP contribution in [0, 0.1) is 11.3 Å². The minimum absolute atomic E-state index is 0.0545. The van der Waals surface area contributed by atoms with Crippen LogP contribution in [0.15, 0.2) is 11.6 Å². The van der Waals surface area contributed by atoms with Crippen molar-refractivity contribution in [2.24, 2.45) is 11.3 Å². The lowest BCUT2D eigenvalue weighted by Gasteiger charge is -2.32. The molecule has 0 unspecified atom stereocenters. The number of likely N-dealkylation sites (N-methyl/N-ethyl adjacent to an activating group) is 1. The fourth-order valence-corrected chi connectivity index (χ4v) is 3.54. The molecule has 0 aliphatic rings. The molecule has 1 atom stereocenters. The largest absolute Gasteiger partial charge is 0.478 e. The number of aliphatic carboxylic acids is 1. The SMILES string of the molecule is CCC.CCCC(CC)(CCC)C(=O)NCC(=O)N(C)[C@H](/C=C(\C)C(=O)O)C(C)C. The van der Waals surface area contributed by atoms with Crippen LogP contribution in [-0.2, 0) is 14.4 Å². The van der Waals surface area contributed by atoms with Gasteiger partial charge in [0.05, 0.1) is 12.6 Å². The van der Waals surface area contributed by atoms with Crippen LogP contribution in [0.1, 0.15) is 93.9 Å². The van der Waals surface area contributed by atoms with Gasteiger partial charge in [0.25, 0.3) is 0 Å². The van der Waals surface area contributed by atoms with Gasteiger partial charge in [-0.2, -0.15) is 0 Å². The van der Waals surface area contributed by atoms with Crippen LogP contribution in [-0.4, -0.2) is 47.4 Å². The number of carbonyl (C=O) groups excluding carboxylic acids is 2. The zero-order valence-electron chi connectivity index (χ0n) is 20.8. The van der Waals surface area contributed by atoms with Gasteiger partial charge >= 0.3 is 5.97 Å². The van der Waals surface area contributed by atoms with Gasteiger partial charge in [-0.15, -0.1) is 0 Å². The topological polar surface area (TPSA) is 86.7 Å². The average molecular weight is 427 g/mol. The van der Waals surface area contributed by atoms with E-state index in [1.165, 1.54) is 18.2 Å². The van der Waals surface area contributed by atoms with Crippen molar-refractivity contribution in [2.45, 2.75) is 100.0 Å². The summed E-state index contributed by atoms with van der Waals surface area (Å²) in [6, 6.07) is -0.340. The van der Waals surface area contributed by atoms with Crippen LogP contribution < -0.4 is 5.32 Å². The highest BCUT2D eigenvalue weighted by Crippen LogP contribution is 2.33. The van der Waals surface area contributed by atoms with Gasteiger partial charge in [-0.05, 0) is 32.1 Å². The second kappa shape index (κ2) is 15.9. The van der Waals surface area contributed by atoms with Crippen LogP contribution in [0.5, 0.6) is 0 Å². The van der Waals surface area contributed by atoms with Crippen molar-refractivity contribution in [3.8, 4) is 0 Å². The summed E-state index contributed by atoms with van der Waals surface area (Å²) in [4.78, 5) is 38.0. The molecule has 2 amide bonds. The van der Waals surface area contributed by atoms with Crippen molar-refractivity contribution < 1.29 is 19.5 Å². The molecule has 30 heavy (non-hydrogen) atoms. The molecular weight excluding hydrogens is 380 g/mol. The number of hydrogen-bond acceptors (Lipinski definition) is 3. The molecule has 0 fully saturated rings. The molecule has 0 spiro atoms. The maximum absolute atomic E-state index is 12.8. The third-order valence-corrected chi connectivity index (χ3v) is 5.30. The standard InChI is InChI=1S/C21H38N2O4.C3H8/c1-8-11-21(10-3,12-9-2)20(27)22-14-18(24)23(7)17(15(4)5)13-16(6)19(25)26;1-3-2/h13,15,17H,8-12,14H2,1-7H3,(H,22,27)(H,25,26);3H2,1-2H3/b16-13+;/t17-;/m1./s1. The lowest BCUT2D eigenvalue weighted by atomic mass is 9.76. The predicted octanol–water partition coefficient (Wildman–Crippen LogP) is 5.03. The summed E-state index contributed by atoms with van der Waals surface area (Å²) in [7, 11) is 1.65. The Bertz CT molecular complexity index is 549. The molecule has 6 nitrogen and oxygen atoms in total. The Hall–Kier alpha value is -1.85. The first-order valence-electron chi connectivity index (χ1n) is 11.4. The van der Waals surface area contributed by atoms with Crippen LogP contribution in [0.4, 0.5) is 0 Å². The molecule has 0 saturated heterocycles. The number of nitrogens with one attached hydrogen (secondary N) is 1. The number of carboxylic acid groups (broad SMARTS) is 1. The first-order valence-corrected chi connectivity index (χ1v) is 11.4. The van der Waals surface area contributed by atoms with E-state index < -0.39 is 11.4 Å². The Morgan fingerprint density at radius 1 is 1.03 bits per heavy atom. The Kier molecular flexibility index (Phi) is 16.1. The smallest absolute Gasteiger partial charge is 0.331 e. The Labute approximate surface area is 184 Å². The summed E-state index contributed by atoms with van der Waals surface area (Å²) in [6.07, 6.45) is 7.05. The molecule has 0 aromatic rings. The summed E-state index contributed by atoms with van der Waals surface area (Å²) < 4.78 is 0. The molecule has 0 radical (unpaired) electrons. The summed E-state index contributed by atoms with van der Waals surface area (Å²) in [5, 5.41) is 11.9. The van der Waals surface area contributed by atoms with Gasteiger partial charge in [0, 0.05) is 18.0 Å². The molecular formula is C24H46N2O4. The van der Waals surface area contributed by atoms with Gasteiger partial charge in [-0.25, -0.2) is 4.79 Å². The quantitative estimate of drug-likeness (QED) is 0.429. The lowest BCUT2D eigenvalue weighted by Crippen LogP contribution is -2.48. The normalized spacial score (nSPS) is 12.7. The monoisotopic (exact) mass is 426 g/mol. The minimum Gasteiger partial charge on any atom is -0.478 e. The first kappa shape index (κ1) is 30.3. The highest BCUT2D eigenvalue weighted by molar-refractivity contribution is 5.88. The molecule has 0 saturated carbocycles. The summed E-state index contributed by atoms with van der Waals surface area (Å²) in [5.74, 6) is -1.23. The Balaban J connectivity index is 0. The van der Waals surface area contributed by atoms with Gasteiger partial charge in [0.1, 0.15) is 0 Å². The first-order chi connectivity index (χ1) is 14.0. The minimum atomic E-state index is -0.998. The van der Waals surface area contributed by atoms with Crippen molar-refractivity contribution in [1.82, 2.24) is 10.2 Å². The Morgan fingerprint density at radius 3 is 1.83 bits per heavy atom. The fraction of sp³-hybridized carbons (Fsp3) is 0.792. The number of hydrogen-bond donors (Lipinski definition) is 2. The number of carbonyl (C=O) groups is 3. The van der Waals surface area contributed by atoms with E-state index in [0.717, 1.165) is 32.1 Å². The molecule has 0 heterocycles. The third-order valence-electron chi connectivity index (χ3n) is 5.30. The number of carboxylic acids is 1. The second-order valence-corrected chi connectivity index (χ2v) is 8.42. The molecule has 6 heteroatoms. The van der Waals surface area contributed by atoms with Crippen molar-refractivity contribution in [3.05, 3.63) is 11.6 Å². The van der Waals surface area contributed by atoms with Crippen LogP contribution in [0.3, 0.4) is 0 Å². The van der Waals surface area contributed by atoms with Crippen molar-refractivity contribution in [3.63, 3.8) is 0 Å². The maximum atomic E-state index is 12.8. The molecule has 176 valence electrons. The number of rotatable bonds is 12. The third kappa shape index (κ3) is 10.3. The highest BCUT2D eigenvalue weighted by atomic mass is 16.4. The molecule has 0 aromatic carbocycles. The summed E-state index contributed by atoms with van der Waals surface area (Å²) in [6.45, 7) is 15.7. The molecule has 2 N–H and O–H groups in total. The van der Waals surface area contributed by atoms with E-state index in [1.54, 1.807) is 13.1 Å². The van der Waals surface area contributed by atoms with Crippen molar-refractivity contribution >= 4 is 17.8 Å². The average Bonchev–Trinajstić information content (AvgIpc) is 2.69. The molecule has 0 aromatic heterocycles. The number of nitrogens with zero attached hydrogens (tertiary/aromatic N) is 1. The second-order valence-electron chi connectivity index (χ2n) is 8.42. The summed E-state index contributed by atoms with van der Waals surface area (Å²) >= 11 is 0. The van der Waals surface area contributed by atoms with Crippen molar-refractivity contribution in [1.29, 1.82) is 0 Å². The van der Waals surface area contributed by atoms with E-state index in [1.807, 2.05) is 20.8 Å². The van der Waals surface area contributed by atoms with E-state index >= 15 is 0 Å². The molecule has 0 aliphatic heterocycles. The van der Waals surface area contributed by atoms with Crippen LogP contribution in [0.25, 0.3) is 0 Å². The van der Waals surface area contributed by atoms with E-state index in [4.69, 9.17) is 5.11 Å². The van der Waals surface area contributed by atoms with E-state index in [9.17, 15) is 14.4 Å².